The molecule has 1 fully saturated rings. The summed E-state index contributed by atoms with van der Waals surface area (Å²) in [4.78, 5) is 18.1. The molecule has 1 aromatic rings. The van der Waals surface area contributed by atoms with E-state index in [0.717, 1.165) is 12.8 Å². The maximum atomic E-state index is 12.6. The Bertz CT molecular complexity index is 657. The molecule has 3 N–H and O–H groups in total. The number of benzene rings is 1. The predicted octanol–water partition coefficient (Wildman–Crippen LogP) is 1.95. The maximum Gasteiger partial charge on any atom is 0.387 e. The van der Waals surface area contributed by atoms with Gasteiger partial charge in [-0.2, -0.15) is 8.78 Å². The molecule has 0 bridgehead atoms. The highest BCUT2D eigenvalue weighted by molar-refractivity contribution is 5.85. The molecule has 1 aromatic carbocycles. The number of guanidine groups is 1. The second kappa shape index (κ2) is 11.3. The van der Waals surface area contributed by atoms with Crippen LogP contribution in [0.15, 0.2) is 29.3 Å². The van der Waals surface area contributed by atoms with Gasteiger partial charge < -0.3 is 25.6 Å². The first kappa shape index (κ1) is 21.7. The van der Waals surface area contributed by atoms with Crippen molar-refractivity contribution in [1.82, 2.24) is 16.0 Å². The quantitative estimate of drug-likeness (QED) is 0.439. The van der Waals surface area contributed by atoms with Gasteiger partial charge in [0.1, 0.15) is 12.3 Å². The van der Waals surface area contributed by atoms with Gasteiger partial charge in [-0.1, -0.05) is 19.1 Å². The minimum Gasteiger partial charge on any atom is -0.433 e. The van der Waals surface area contributed by atoms with Crippen LogP contribution in [0.2, 0.25) is 0 Å². The Morgan fingerprint density at radius 1 is 1.32 bits per heavy atom. The van der Waals surface area contributed by atoms with Crippen molar-refractivity contribution >= 4 is 17.6 Å². The van der Waals surface area contributed by atoms with Crippen molar-refractivity contribution in [3.63, 3.8) is 0 Å². The van der Waals surface area contributed by atoms with Crippen molar-refractivity contribution in [2.24, 2.45) is 4.99 Å². The highest BCUT2D eigenvalue weighted by Gasteiger charge is 2.26. The van der Waals surface area contributed by atoms with E-state index in [-0.39, 0.29) is 24.2 Å². The fraction of sp³-hybridized carbons (Fsp3) is 0.579. The number of amides is 1. The topological polar surface area (TPSA) is 78.0 Å². The molecule has 1 unspecified atom stereocenters. The molecule has 0 spiro atoms. The van der Waals surface area contributed by atoms with E-state index in [1.54, 1.807) is 24.3 Å². The molecular formula is C19H29F2N5O2. The number of para-hydroxylation sites is 2. The van der Waals surface area contributed by atoms with E-state index in [2.05, 4.69) is 25.7 Å². The Hall–Kier alpha value is -2.58. The Morgan fingerprint density at radius 2 is 2.11 bits per heavy atom. The molecule has 1 aliphatic rings. The van der Waals surface area contributed by atoms with Crippen LogP contribution in [0.25, 0.3) is 0 Å². The number of ether oxygens (including phenoxy) is 1. The van der Waals surface area contributed by atoms with Crippen LogP contribution < -0.4 is 25.6 Å². The largest absolute Gasteiger partial charge is 0.433 e. The molecule has 2 rings (SSSR count). The summed E-state index contributed by atoms with van der Waals surface area (Å²) in [5.74, 6) is 0.620. The normalized spacial score (nSPS) is 17.0. The molecule has 1 heterocycles. The van der Waals surface area contributed by atoms with E-state index in [9.17, 15) is 13.6 Å². The molecule has 1 amide bonds. The molecule has 156 valence electrons. The summed E-state index contributed by atoms with van der Waals surface area (Å²) in [6.07, 6.45) is 1.69. The second-order valence-electron chi connectivity index (χ2n) is 6.47. The number of anilines is 1. The lowest BCUT2D eigenvalue weighted by atomic mass is 10.2. The van der Waals surface area contributed by atoms with E-state index in [0.29, 0.717) is 37.8 Å². The zero-order valence-electron chi connectivity index (χ0n) is 16.4. The van der Waals surface area contributed by atoms with Crippen molar-refractivity contribution in [3.05, 3.63) is 24.3 Å². The molecule has 28 heavy (non-hydrogen) atoms. The molecule has 0 radical (unpaired) electrons. The van der Waals surface area contributed by atoms with Crippen LogP contribution >= 0.6 is 0 Å². The zero-order chi connectivity index (χ0) is 20.4. The van der Waals surface area contributed by atoms with Crippen molar-refractivity contribution in [2.45, 2.75) is 39.3 Å². The summed E-state index contributed by atoms with van der Waals surface area (Å²) in [5, 5.41) is 9.23. The van der Waals surface area contributed by atoms with Crippen LogP contribution in [-0.2, 0) is 4.79 Å². The van der Waals surface area contributed by atoms with Gasteiger partial charge in [0.05, 0.1) is 5.69 Å². The van der Waals surface area contributed by atoms with E-state index in [1.165, 1.54) is 0 Å². The first-order valence-corrected chi connectivity index (χ1v) is 9.63. The van der Waals surface area contributed by atoms with E-state index < -0.39 is 6.61 Å². The third-order valence-electron chi connectivity index (χ3n) is 4.25. The van der Waals surface area contributed by atoms with Crippen molar-refractivity contribution in [3.8, 4) is 5.75 Å². The number of rotatable bonds is 9. The SMILES string of the molecule is CCCNC(=O)CN=C(NCC)NC1CCN(c2ccccc2OC(F)F)C1. The van der Waals surface area contributed by atoms with Crippen LogP contribution in [0, 0.1) is 0 Å². The number of aliphatic imine (C=N–C) groups is 1. The van der Waals surface area contributed by atoms with Crippen LogP contribution in [0.1, 0.15) is 26.7 Å². The van der Waals surface area contributed by atoms with Gasteiger partial charge in [-0.15, -0.1) is 0 Å². The highest BCUT2D eigenvalue weighted by Crippen LogP contribution is 2.31. The lowest BCUT2D eigenvalue weighted by Crippen LogP contribution is -2.45. The van der Waals surface area contributed by atoms with Crippen LogP contribution in [0.5, 0.6) is 5.75 Å². The van der Waals surface area contributed by atoms with Crippen molar-refractivity contribution in [1.29, 1.82) is 0 Å². The minimum absolute atomic E-state index is 0.0524. The molecule has 7 nitrogen and oxygen atoms in total. The number of hydrogen-bond donors (Lipinski definition) is 3. The van der Waals surface area contributed by atoms with Crippen molar-refractivity contribution in [2.75, 3.05) is 37.6 Å². The van der Waals surface area contributed by atoms with E-state index in [1.807, 2.05) is 18.7 Å². The second-order valence-corrected chi connectivity index (χ2v) is 6.47. The lowest BCUT2D eigenvalue weighted by Gasteiger charge is -2.22. The van der Waals surface area contributed by atoms with Gasteiger partial charge in [0, 0.05) is 32.2 Å². The molecular weight excluding hydrogens is 368 g/mol. The highest BCUT2D eigenvalue weighted by atomic mass is 19.3. The Morgan fingerprint density at radius 3 is 2.82 bits per heavy atom. The van der Waals surface area contributed by atoms with E-state index >= 15 is 0 Å². The molecule has 1 saturated heterocycles. The molecule has 1 atom stereocenters. The average Bonchev–Trinajstić information content (AvgIpc) is 3.13. The number of carbonyl (C=O) groups is 1. The van der Waals surface area contributed by atoms with Crippen LogP contribution in [-0.4, -0.2) is 57.2 Å². The summed E-state index contributed by atoms with van der Waals surface area (Å²) >= 11 is 0. The van der Waals surface area contributed by atoms with Crippen LogP contribution in [0.3, 0.4) is 0 Å². The van der Waals surface area contributed by atoms with Gasteiger partial charge in [-0.25, -0.2) is 4.99 Å². The lowest BCUT2D eigenvalue weighted by molar-refractivity contribution is -0.119. The van der Waals surface area contributed by atoms with Gasteiger partial charge in [0.25, 0.3) is 0 Å². The number of nitrogens with zero attached hydrogens (tertiary/aromatic N) is 2. The monoisotopic (exact) mass is 397 g/mol. The summed E-state index contributed by atoms with van der Waals surface area (Å²) in [6, 6.07) is 6.87. The number of nitrogens with one attached hydrogen (secondary N) is 3. The van der Waals surface area contributed by atoms with Crippen molar-refractivity contribution < 1.29 is 18.3 Å². The summed E-state index contributed by atoms with van der Waals surface area (Å²) < 4.78 is 29.9. The standard InChI is InChI=1S/C19H29F2N5O2/c1-3-10-23-17(27)12-24-19(22-4-2)25-14-9-11-26(13-14)15-7-5-6-8-16(15)28-18(20)21/h5-8,14,18H,3-4,9-13H2,1-2H3,(H,23,27)(H2,22,24,25). The molecule has 0 saturated carbocycles. The van der Waals surface area contributed by atoms with Gasteiger partial charge in [0.15, 0.2) is 5.96 Å². The Balaban J connectivity index is 1.95. The minimum atomic E-state index is -2.86. The third-order valence-corrected chi connectivity index (χ3v) is 4.25. The molecule has 0 aromatic heterocycles. The molecule has 1 aliphatic heterocycles. The van der Waals surface area contributed by atoms with E-state index in [4.69, 9.17) is 0 Å². The first-order valence-electron chi connectivity index (χ1n) is 9.63. The Labute approximate surface area is 164 Å². The summed E-state index contributed by atoms with van der Waals surface area (Å²) in [7, 11) is 0. The average molecular weight is 397 g/mol. The number of halogens is 2. The van der Waals surface area contributed by atoms with Gasteiger partial charge in [-0.05, 0) is 31.9 Å². The van der Waals surface area contributed by atoms with Crippen LogP contribution in [0.4, 0.5) is 14.5 Å². The number of alkyl halides is 2. The summed E-state index contributed by atoms with van der Waals surface area (Å²) in [5.41, 5.74) is 0.646. The molecule has 0 aliphatic carbocycles. The fourth-order valence-corrected chi connectivity index (χ4v) is 3.00. The van der Waals surface area contributed by atoms with Gasteiger partial charge in [0.2, 0.25) is 5.91 Å². The summed E-state index contributed by atoms with van der Waals surface area (Å²) in [6.45, 7) is 3.77. The van der Waals surface area contributed by atoms with Gasteiger partial charge >= 0.3 is 6.61 Å². The number of hydrogen-bond acceptors (Lipinski definition) is 4. The first-order chi connectivity index (χ1) is 13.5. The predicted molar refractivity (Wildman–Crippen MR) is 106 cm³/mol. The fourth-order valence-electron chi connectivity index (χ4n) is 3.00. The number of carbonyl (C=O) groups excluding carboxylic acids is 1. The smallest absolute Gasteiger partial charge is 0.387 e. The molecule has 9 heteroatoms. The maximum absolute atomic E-state index is 12.6. The Kier molecular flexibility index (Phi) is 8.77. The zero-order valence-corrected chi connectivity index (χ0v) is 16.4. The van der Waals surface area contributed by atoms with Gasteiger partial charge in [-0.3, -0.25) is 4.79 Å². The third kappa shape index (κ3) is 6.86.